The van der Waals surface area contributed by atoms with Gasteiger partial charge in [0, 0.05) is 12.8 Å². The Hall–Kier alpha value is -3.59. The van der Waals surface area contributed by atoms with E-state index in [9.17, 15) is 19.0 Å². The number of carbonyl (C=O) groups excluding carboxylic acids is 2. The number of amides is 1. The molecule has 0 aliphatic carbocycles. The number of quaternary nitrogens is 1. The van der Waals surface area contributed by atoms with Gasteiger partial charge in [-0.1, -0.05) is 265 Å². The molecule has 3 atom stereocenters. The highest BCUT2D eigenvalue weighted by Crippen LogP contribution is 2.38. The minimum atomic E-state index is -4.71. The molecule has 476 valence electrons. The van der Waals surface area contributed by atoms with E-state index in [4.69, 9.17) is 13.8 Å². The SMILES string of the molecule is CC/C=C\C/C=C\C/C=C\C/C=C\C/C=C\C/C=C\CCCCCCCCCCC(=O)OC(/C=C\CCCCCCCCCCC)C(COP(=O)([O-])OCC[N+](C)(C)C)NC(=O)CCCCCCCC/C=C\C/C=C\C/C=C\CCCCC. The van der Waals surface area contributed by atoms with Gasteiger partial charge in [-0.3, -0.25) is 14.2 Å². The number of ether oxygens (including phenoxy) is 1. The van der Waals surface area contributed by atoms with Crippen LogP contribution >= 0.6 is 7.82 Å². The van der Waals surface area contributed by atoms with Crippen LogP contribution in [0.15, 0.2) is 122 Å². The van der Waals surface area contributed by atoms with Gasteiger partial charge in [0.2, 0.25) is 5.91 Å². The number of nitrogens with one attached hydrogen (secondary N) is 1. The predicted molar refractivity (Wildman–Crippen MR) is 357 cm³/mol. The average Bonchev–Trinajstić information content (AvgIpc) is 3.51. The van der Waals surface area contributed by atoms with Gasteiger partial charge in [0.05, 0.1) is 33.8 Å². The van der Waals surface area contributed by atoms with Gasteiger partial charge >= 0.3 is 5.97 Å². The molecule has 0 spiro atoms. The van der Waals surface area contributed by atoms with Crippen LogP contribution in [-0.4, -0.2) is 69.4 Å². The lowest BCUT2D eigenvalue weighted by Gasteiger charge is -2.30. The molecule has 1 amide bonds. The third-order valence-electron chi connectivity index (χ3n) is 14.4. The number of hydrogen-bond acceptors (Lipinski definition) is 7. The fraction of sp³-hybridized carbons (Fsp3) is 0.699. The predicted octanol–water partition coefficient (Wildman–Crippen LogP) is 20.8. The molecule has 0 saturated carbocycles. The molecule has 0 heterocycles. The maximum absolute atomic E-state index is 13.6. The first kappa shape index (κ1) is 79.4. The maximum Gasteiger partial charge on any atom is 0.306 e. The van der Waals surface area contributed by atoms with Crippen molar-refractivity contribution in [3.63, 3.8) is 0 Å². The fourth-order valence-corrected chi connectivity index (χ4v) is 9.90. The van der Waals surface area contributed by atoms with E-state index in [1.54, 1.807) is 0 Å². The van der Waals surface area contributed by atoms with Crippen LogP contribution < -0.4 is 10.2 Å². The van der Waals surface area contributed by atoms with Gasteiger partial charge in [-0.2, -0.15) is 0 Å². The highest BCUT2D eigenvalue weighted by Gasteiger charge is 2.27. The van der Waals surface area contributed by atoms with Crippen molar-refractivity contribution >= 4 is 19.7 Å². The van der Waals surface area contributed by atoms with Gasteiger partial charge in [0.25, 0.3) is 7.82 Å². The Balaban J connectivity index is 5.13. The highest BCUT2D eigenvalue weighted by atomic mass is 31.2. The van der Waals surface area contributed by atoms with Gasteiger partial charge in [0.1, 0.15) is 19.3 Å². The Morgan fingerprint density at radius 3 is 1.18 bits per heavy atom. The van der Waals surface area contributed by atoms with E-state index >= 15 is 0 Å². The smallest absolute Gasteiger partial charge is 0.306 e. The fourth-order valence-electron chi connectivity index (χ4n) is 9.18. The second-order valence-corrected chi connectivity index (χ2v) is 25.0. The number of carbonyl (C=O) groups is 2. The summed E-state index contributed by atoms with van der Waals surface area (Å²) in [6.07, 6.45) is 86.0. The van der Waals surface area contributed by atoms with Gasteiger partial charge in [-0.25, -0.2) is 0 Å². The standard InChI is InChI=1S/C73H127N2O7P/c1-7-10-13-16-19-22-25-27-29-31-33-34-35-36-37-38-39-40-42-44-46-48-51-54-57-60-63-66-73(77)82-71(64-61-58-55-52-49-24-21-18-15-12-9-3)70(69-81-83(78,79)80-68-67-75(4,5)6)74-72(76)65-62-59-56-53-50-47-45-43-41-32-30-28-26-23-20-17-14-11-8-2/h10,13,19-20,22-23,27-30,33-34,36-37,39-41,43,61,64,70-71H,7-9,11-12,14-18,21,24-26,31-32,35,38,42,44-60,62-63,65-69H2,1-6H3,(H-,74,76,78,79)/b13-10-,22-19-,23-20-,29-27-,30-28-,34-33-,37-36-,40-39-,43-41-,64-61-. The van der Waals surface area contributed by atoms with Crippen molar-refractivity contribution in [3.8, 4) is 0 Å². The molecule has 1 N–H and O–H groups in total. The Bertz CT molecular complexity index is 1830. The lowest BCUT2D eigenvalue weighted by molar-refractivity contribution is -0.870. The molecule has 0 bridgehead atoms. The monoisotopic (exact) mass is 1170 g/mol. The normalized spacial score (nSPS) is 14.3. The van der Waals surface area contributed by atoms with Crippen LogP contribution in [0.2, 0.25) is 0 Å². The third kappa shape index (κ3) is 62.8. The van der Waals surface area contributed by atoms with E-state index in [1.165, 1.54) is 96.3 Å². The Kier molecular flexibility index (Phi) is 58.8. The first-order valence-corrected chi connectivity index (χ1v) is 35.3. The zero-order chi connectivity index (χ0) is 60.7. The number of phosphoric acid groups is 1. The molecule has 0 radical (unpaired) electrons. The van der Waals surface area contributed by atoms with Gasteiger partial charge in [-0.15, -0.1) is 0 Å². The lowest BCUT2D eigenvalue weighted by atomic mass is 10.1. The van der Waals surface area contributed by atoms with E-state index in [0.29, 0.717) is 23.9 Å². The summed E-state index contributed by atoms with van der Waals surface area (Å²) in [5.74, 6) is -0.570. The van der Waals surface area contributed by atoms with Crippen LogP contribution in [0, 0.1) is 0 Å². The minimum absolute atomic E-state index is 0.0324. The quantitative estimate of drug-likeness (QED) is 0.0212. The van der Waals surface area contributed by atoms with Crippen LogP contribution in [0.1, 0.15) is 278 Å². The molecule has 0 saturated heterocycles. The van der Waals surface area contributed by atoms with E-state index < -0.39 is 26.6 Å². The molecule has 10 heteroatoms. The van der Waals surface area contributed by atoms with E-state index in [-0.39, 0.29) is 24.9 Å². The Morgan fingerprint density at radius 2 is 0.771 bits per heavy atom. The Labute approximate surface area is 512 Å². The summed E-state index contributed by atoms with van der Waals surface area (Å²) < 4.78 is 30.4. The van der Waals surface area contributed by atoms with E-state index in [2.05, 4.69) is 135 Å². The topological polar surface area (TPSA) is 114 Å². The molecule has 0 aliphatic rings. The van der Waals surface area contributed by atoms with Crippen molar-refractivity contribution in [1.29, 1.82) is 0 Å². The number of unbranched alkanes of at least 4 members (excludes halogenated alkanes) is 26. The van der Waals surface area contributed by atoms with Crippen LogP contribution in [0.25, 0.3) is 0 Å². The summed E-state index contributed by atoms with van der Waals surface area (Å²) in [5.41, 5.74) is 0. The first-order valence-electron chi connectivity index (χ1n) is 33.8. The van der Waals surface area contributed by atoms with Crippen molar-refractivity contribution in [1.82, 2.24) is 5.32 Å². The van der Waals surface area contributed by atoms with Crippen LogP contribution in [0.3, 0.4) is 0 Å². The number of rotatable bonds is 60. The highest BCUT2D eigenvalue weighted by molar-refractivity contribution is 7.45. The lowest BCUT2D eigenvalue weighted by Crippen LogP contribution is -2.47. The van der Waals surface area contributed by atoms with Gasteiger partial charge in [-0.05, 0) is 122 Å². The van der Waals surface area contributed by atoms with E-state index in [1.807, 2.05) is 33.3 Å². The van der Waals surface area contributed by atoms with Crippen molar-refractivity contribution in [3.05, 3.63) is 122 Å². The van der Waals surface area contributed by atoms with Gasteiger partial charge in [0.15, 0.2) is 0 Å². The summed E-state index contributed by atoms with van der Waals surface area (Å²) in [6.45, 7) is 6.68. The third-order valence-corrected chi connectivity index (χ3v) is 15.3. The van der Waals surface area contributed by atoms with Crippen LogP contribution in [0.5, 0.6) is 0 Å². The van der Waals surface area contributed by atoms with Crippen molar-refractivity contribution in [2.75, 3.05) is 40.9 Å². The first-order chi connectivity index (χ1) is 40.4. The summed E-state index contributed by atoms with van der Waals surface area (Å²) >= 11 is 0. The Morgan fingerprint density at radius 1 is 0.434 bits per heavy atom. The number of allylic oxidation sites excluding steroid dienone is 19. The molecule has 0 aromatic carbocycles. The largest absolute Gasteiger partial charge is 0.756 e. The molecule has 0 aliphatic heterocycles. The number of nitrogens with zero attached hydrogens (tertiary/aromatic N) is 1. The average molecular weight is 1180 g/mol. The molecule has 9 nitrogen and oxygen atoms in total. The summed E-state index contributed by atoms with van der Waals surface area (Å²) in [6, 6.07) is -0.907. The van der Waals surface area contributed by atoms with Gasteiger partial charge < -0.3 is 28.5 Å². The van der Waals surface area contributed by atoms with Crippen LogP contribution in [-0.2, 0) is 27.9 Å². The molecule has 0 aromatic rings. The molecule has 83 heavy (non-hydrogen) atoms. The molecular formula is C73H127N2O7P. The second-order valence-electron chi connectivity index (χ2n) is 23.6. The number of likely N-dealkylation sites (N-methyl/N-ethyl adjacent to an activating group) is 1. The molecule has 0 aromatic heterocycles. The summed E-state index contributed by atoms with van der Waals surface area (Å²) in [5, 5.41) is 3.02. The maximum atomic E-state index is 13.6. The second kappa shape index (κ2) is 61.5. The number of esters is 1. The zero-order valence-corrected chi connectivity index (χ0v) is 55.3. The molecule has 0 rings (SSSR count). The van der Waals surface area contributed by atoms with Crippen molar-refractivity contribution < 1.29 is 37.3 Å². The molecular weight excluding hydrogens is 1050 g/mol. The number of hydrogen-bond donors (Lipinski definition) is 1. The van der Waals surface area contributed by atoms with Crippen molar-refractivity contribution in [2.24, 2.45) is 0 Å². The number of phosphoric ester groups is 1. The molecule has 0 fully saturated rings. The minimum Gasteiger partial charge on any atom is -0.756 e. The van der Waals surface area contributed by atoms with Crippen LogP contribution in [0.4, 0.5) is 0 Å². The van der Waals surface area contributed by atoms with Crippen molar-refractivity contribution in [2.45, 2.75) is 290 Å². The zero-order valence-electron chi connectivity index (χ0n) is 54.4. The molecule has 3 unspecified atom stereocenters. The summed E-state index contributed by atoms with van der Waals surface area (Å²) in [4.78, 5) is 40.1. The van der Waals surface area contributed by atoms with E-state index in [0.717, 1.165) is 141 Å². The summed E-state index contributed by atoms with van der Waals surface area (Å²) in [7, 11) is 1.16.